The van der Waals surface area contributed by atoms with E-state index in [4.69, 9.17) is 4.74 Å². The lowest BCUT2D eigenvalue weighted by Crippen LogP contribution is -2.27. The van der Waals surface area contributed by atoms with Gasteiger partial charge in [0.15, 0.2) is 11.5 Å². The molecular formula is C12H13BF6O3. The van der Waals surface area contributed by atoms with Crippen LogP contribution in [0.4, 0.5) is 26.3 Å². The van der Waals surface area contributed by atoms with Crippen LogP contribution < -0.4 is 14.9 Å². The van der Waals surface area contributed by atoms with Crippen LogP contribution in [0.2, 0.25) is 6.82 Å². The van der Waals surface area contributed by atoms with Crippen LogP contribution in [0.15, 0.2) is 18.2 Å². The quantitative estimate of drug-likeness (QED) is 0.495. The molecule has 0 aliphatic carbocycles. The molecule has 3 nitrogen and oxygen atoms in total. The Kier molecular flexibility index (Phi) is 5.98. The molecule has 0 atom stereocenters. The first-order valence-corrected chi connectivity index (χ1v) is 6.25. The van der Waals surface area contributed by atoms with Crippen LogP contribution in [-0.2, 0) is 0 Å². The van der Waals surface area contributed by atoms with E-state index in [2.05, 4.69) is 4.74 Å². The highest BCUT2D eigenvalue weighted by atomic mass is 19.4. The Balaban J connectivity index is 2.81. The molecular weight excluding hydrogens is 317 g/mol. The third-order valence-corrected chi connectivity index (χ3v) is 2.54. The van der Waals surface area contributed by atoms with E-state index in [0.29, 0.717) is 0 Å². The fourth-order valence-electron chi connectivity index (χ4n) is 1.56. The topological polar surface area (TPSA) is 38.7 Å². The molecule has 22 heavy (non-hydrogen) atoms. The van der Waals surface area contributed by atoms with Crippen LogP contribution in [0.1, 0.15) is 12.8 Å². The van der Waals surface area contributed by atoms with Crippen molar-refractivity contribution in [3.05, 3.63) is 18.2 Å². The van der Waals surface area contributed by atoms with E-state index in [9.17, 15) is 31.4 Å². The summed E-state index contributed by atoms with van der Waals surface area (Å²) >= 11 is 0. The Bertz CT molecular complexity index is 487. The van der Waals surface area contributed by atoms with Gasteiger partial charge in [-0.3, -0.25) is 0 Å². The molecule has 124 valence electrons. The van der Waals surface area contributed by atoms with E-state index in [1.54, 1.807) is 0 Å². The summed E-state index contributed by atoms with van der Waals surface area (Å²) in [7, 11) is 0. The standard InChI is InChI=1S/C12H13BF6O3/c1-13(20)8-3-4-9(22-12(17,18)19)10(7-8)21-6-2-5-11(14,15)16/h3-4,7,20H,2,5-6H2,1H3. The highest BCUT2D eigenvalue weighted by molar-refractivity contribution is 6.64. The van der Waals surface area contributed by atoms with Crippen LogP contribution in [0, 0.1) is 0 Å². The van der Waals surface area contributed by atoms with Gasteiger partial charge in [-0.05, 0) is 24.0 Å². The monoisotopic (exact) mass is 330 g/mol. The zero-order valence-corrected chi connectivity index (χ0v) is 11.5. The fourth-order valence-corrected chi connectivity index (χ4v) is 1.56. The maximum absolute atomic E-state index is 12.2. The molecule has 1 N–H and O–H groups in total. The summed E-state index contributed by atoms with van der Waals surface area (Å²) < 4.78 is 81.4. The summed E-state index contributed by atoms with van der Waals surface area (Å²) in [5.74, 6) is -1.05. The summed E-state index contributed by atoms with van der Waals surface area (Å²) in [4.78, 5) is 0. The first kappa shape index (κ1) is 18.5. The van der Waals surface area contributed by atoms with E-state index in [1.807, 2.05) is 0 Å². The Hall–Kier alpha value is -1.58. The van der Waals surface area contributed by atoms with Crippen molar-refractivity contribution >= 4 is 12.4 Å². The van der Waals surface area contributed by atoms with Crippen molar-refractivity contribution in [2.24, 2.45) is 0 Å². The van der Waals surface area contributed by atoms with Gasteiger partial charge in [-0.25, -0.2) is 0 Å². The average Bonchev–Trinajstić information content (AvgIpc) is 2.33. The minimum Gasteiger partial charge on any atom is -0.490 e. The van der Waals surface area contributed by atoms with Crippen LogP contribution in [0.5, 0.6) is 11.5 Å². The summed E-state index contributed by atoms with van der Waals surface area (Å²) in [5, 5.41) is 9.38. The summed E-state index contributed by atoms with van der Waals surface area (Å²) in [6.07, 6.45) is -10.8. The van der Waals surface area contributed by atoms with Crippen molar-refractivity contribution in [2.45, 2.75) is 32.2 Å². The lowest BCUT2D eigenvalue weighted by atomic mass is 9.64. The second-order valence-corrected chi connectivity index (χ2v) is 4.50. The Morgan fingerprint density at radius 1 is 1.09 bits per heavy atom. The third-order valence-electron chi connectivity index (χ3n) is 2.54. The Labute approximate surface area is 122 Å². The predicted molar refractivity (Wildman–Crippen MR) is 67.4 cm³/mol. The number of hydrogen-bond donors (Lipinski definition) is 1. The smallest absolute Gasteiger partial charge is 0.490 e. The van der Waals surface area contributed by atoms with Crippen molar-refractivity contribution in [2.75, 3.05) is 6.61 Å². The Morgan fingerprint density at radius 3 is 2.23 bits per heavy atom. The van der Waals surface area contributed by atoms with Crippen LogP contribution in [-0.4, -0.2) is 31.1 Å². The largest absolute Gasteiger partial charge is 0.573 e. The average molecular weight is 330 g/mol. The van der Waals surface area contributed by atoms with Crippen molar-refractivity contribution < 1.29 is 40.8 Å². The number of ether oxygens (including phenoxy) is 2. The second-order valence-electron chi connectivity index (χ2n) is 4.50. The summed E-state index contributed by atoms with van der Waals surface area (Å²) in [5.41, 5.74) is 0.250. The molecule has 0 spiro atoms. The van der Waals surface area contributed by atoms with Gasteiger partial charge in [0.05, 0.1) is 6.61 Å². The van der Waals surface area contributed by atoms with Crippen molar-refractivity contribution in [3.8, 4) is 11.5 Å². The first-order chi connectivity index (χ1) is 9.98. The van der Waals surface area contributed by atoms with Crippen LogP contribution in [0.25, 0.3) is 0 Å². The summed E-state index contributed by atoms with van der Waals surface area (Å²) in [6, 6.07) is 3.24. The number of hydrogen-bond acceptors (Lipinski definition) is 3. The van der Waals surface area contributed by atoms with Crippen LogP contribution >= 0.6 is 0 Å². The molecule has 1 aromatic rings. The van der Waals surface area contributed by atoms with Crippen LogP contribution in [0.3, 0.4) is 0 Å². The maximum Gasteiger partial charge on any atom is 0.573 e. The third kappa shape index (κ3) is 6.92. The van der Waals surface area contributed by atoms with Crippen molar-refractivity contribution in [1.29, 1.82) is 0 Å². The van der Waals surface area contributed by atoms with Crippen molar-refractivity contribution in [3.63, 3.8) is 0 Å². The highest BCUT2D eigenvalue weighted by Gasteiger charge is 2.33. The molecule has 0 heterocycles. The van der Waals surface area contributed by atoms with E-state index in [1.165, 1.54) is 12.9 Å². The molecule has 0 bridgehead atoms. The number of halogens is 6. The lowest BCUT2D eigenvalue weighted by Gasteiger charge is -2.16. The van der Waals surface area contributed by atoms with E-state index >= 15 is 0 Å². The first-order valence-electron chi connectivity index (χ1n) is 6.25. The molecule has 1 rings (SSSR count). The molecule has 0 radical (unpaired) electrons. The molecule has 0 aliphatic rings. The van der Waals surface area contributed by atoms with Gasteiger partial charge in [0.1, 0.15) is 0 Å². The molecule has 0 aliphatic heterocycles. The molecule has 1 aromatic carbocycles. The van der Waals surface area contributed by atoms with Gasteiger partial charge in [0, 0.05) is 6.42 Å². The van der Waals surface area contributed by atoms with Gasteiger partial charge < -0.3 is 14.5 Å². The van der Waals surface area contributed by atoms with Gasteiger partial charge in [-0.15, -0.1) is 13.2 Å². The van der Waals surface area contributed by atoms with Gasteiger partial charge in [0.25, 0.3) is 0 Å². The van der Waals surface area contributed by atoms with E-state index in [-0.39, 0.29) is 11.2 Å². The molecule has 0 unspecified atom stereocenters. The van der Waals surface area contributed by atoms with Gasteiger partial charge in [0.2, 0.25) is 0 Å². The molecule has 0 aromatic heterocycles. The van der Waals surface area contributed by atoms with Gasteiger partial charge in [-0.1, -0.05) is 12.9 Å². The minimum atomic E-state index is -4.96. The molecule has 0 fully saturated rings. The summed E-state index contributed by atoms with van der Waals surface area (Å²) in [6.45, 7) is -0.0261. The van der Waals surface area contributed by atoms with E-state index in [0.717, 1.165) is 12.1 Å². The predicted octanol–water partition coefficient (Wildman–Crippen LogP) is 3.13. The van der Waals surface area contributed by atoms with Crippen molar-refractivity contribution in [1.82, 2.24) is 0 Å². The Morgan fingerprint density at radius 2 is 1.73 bits per heavy atom. The minimum absolute atomic E-state index is 0.250. The zero-order valence-electron chi connectivity index (χ0n) is 11.5. The van der Waals surface area contributed by atoms with Gasteiger partial charge >= 0.3 is 19.5 Å². The highest BCUT2D eigenvalue weighted by Crippen LogP contribution is 2.32. The molecule has 0 saturated heterocycles. The van der Waals surface area contributed by atoms with E-state index < -0.39 is 44.7 Å². The maximum atomic E-state index is 12.2. The SMILES string of the molecule is CB(O)c1ccc(OC(F)(F)F)c(OCCCC(F)(F)F)c1. The molecule has 0 saturated carbocycles. The number of benzene rings is 1. The fraction of sp³-hybridized carbons (Fsp3) is 0.500. The normalized spacial score (nSPS) is 12.2. The second kappa shape index (κ2) is 7.12. The molecule has 10 heteroatoms. The zero-order chi connectivity index (χ0) is 17.0. The molecule has 0 amide bonds. The van der Waals surface area contributed by atoms with Gasteiger partial charge in [-0.2, -0.15) is 13.2 Å². The number of rotatable bonds is 6. The lowest BCUT2D eigenvalue weighted by molar-refractivity contribution is -0.275. The number of alkyl halides is 6.